The minimum atomic E-state index is 0.227. The van der Waals surface area contributed by atoms with E-state index in [0.717, 1.165) is 26.2 Å². The molecule has 1 rings (SSSR count). The molecule has 5 heteroatoms. The van der Waals surface area contributed by atoms with E-state index < -0.39 is 0 Å². The first kappa shape index (κ1) is 11.8. The lowest BCUT2D eigenvalue weighted by Gasteiger charge is -2.16. The minimum absolute atomic E-state index is 0.227. The average Bonchev–Trinajstić information content (AvgIpc) is 2.54. The van der Waals surface area contributed by atoms with Crippen LogP contribution in [0.15, 0.2) is 0 Å². The molecular weight excluding hydrogens is 202 g/mol. The number of halogens is 1. The molecule has 0 saturated carbocycles. The number of carbonyl (C=O) groups excluding carboxylic acids is 1. The standard InChI is InChI=1S/C9H18ClN3O/c10-6-8-5-9(14)13(7-8)4-3-12-2-1-11/h8,12H,1-7,11H2. The Morgan fingerprint density at radius 3 is 2.93 bits per heavy atom. The lowest BCUT2D eigenvalue weighted by atomic mass is 10.2. The first-order chi connectivity index (χ1) is 6.77. The smallest absolute Gasteiger partial charge is 0.223 e. The normalized spacial score (nSPS) is 22.0. The van der Waals surface area contributed by atoms with Crippen LogP contribution in [0.2, 0.25) is 0 Å². The lowest BCUT2D eigenvalue weighted by molar-refractivity contribution is -0.127. The summed E-state index contributed by atoms with van der Waals surface area (Å²) in [6, 6.07) is 0. The summed E-state index contributed by atoms with van der Waals surface area (Å²) in [5, 5.41) is 3.16. The number of hydrogen-bond donors (Lipinski definition) is 2. The number of carbonyl (C=O) groups is 1. The van der Waals surface area contributed by atoms with Crippen molar-refractivity contribution >= 4 is 17.5 Å². The van der Waals surface area contributed by atoms with Gasteiger partial charge in [0.15, 0.2) is 0 Å². The Kier molecular flexibility index (Phi) is 5.22. The van der Waals surface area contributed by atoms with Gasteiger partial charge in [0.25, 0.3) is 0 Å². The van der Waals surface area contributed by atoms with Crippen molar-refractivity contribution in [3.05, 3.63) is 0 Å². The number of nitrogens with one attached hydrogen (secondary N) is 1. The summed E-state index contributed by atoms with van der Waals surface area (Å²) < 4.78 is 0. The molecule has 1 fully saturated rings. The molecule has 0 aromatic carbocycles. The predicted octanol–water partition coefficient (Wildman–Crippen LogP) is -0.378. The molecule has 4 nitrogen and oxygen atoms in total. The molecule has 0 radical (unpaired) electrons. The van der Waals surface area contributed by atoms with Gasteiger partial charge in [0.2, 0.25) is 5.91 Å². The fraction of sp³-hybridized carbons (Fsp3) is 0.889. The van der Waals surface area contributed by atoms with E-state index in [1.54, 1.807) is 0 Å². The second-order valence-electron chi connectivity index (χ2n) is 3.60. The lowest BCUT2D eigenvalue weighted by Crippen LogP contribution is -2.35. The Labute approximate surface area is 89.8 Å². The van der Waals surface area contributed by atoms with E-state index >= 15 is 0 Å². The highest BCUT2D eigenvalue weighted by atomic mass is 35.5. The number of likely N-dealkylation sites (tertiary alicyclic amines) is 1. The van der Waals surface area contributed by atoms with Crippen LogP contribution in [0.25, 0.3) is 0 Å². The molecule has 0 bridgehead atoms. The third kappa shape index (κ3) is 3.44. The number of alkyl halides is 1. The van der Waals surface area contributed by atoms with Crippen LogP contribution in [0.1, 0.15) is 6.42 Å². The van der Waals surface area contributed by atoms with Crippen LogP contribution in [0, 0.1) is 5.92 Å². The maximum atomic E-state index is 11.4. The third-order valence-corrected chi connectivity index (χ3v) is 2.83. The summed E-state index contributed by atoms with van der Waals surface area (Å²) in [5.41, 5.74) is 5.33. The van der Waals surface area contributed by atoms with Crippen molar-refractivity contribution in [3.63, 3.8) is 0 Å². The van der Waals surface area contributed by atoms with Crippen molar-refractivity contribution in [3.8, 4) is 0 Å². The van der Waals surface area contributed by atoms with Gasteiger partial charge in [0.05, 0.1) is 0 Å². The van der Waals surface area contributed by atoms with Gasteiger partial charge in [-0.1, -0.05) is 0 Å². The molecule has 82 valence electrons. The molecule has 1 aliphatic rings. The molecule has 1 heterocycles. The zero-order valence-corrected chi connectivity index (χ0v) is 9.09. The SMILES string of the molecule is NCCNCCN1CC(CCl)CC1=O. The maximum Gasteiger partial charge on any atom is 0.223 e. The van der Waals surface area contributed by atoms with Gasteiger partial charge in [-0.2, -0.15) is 0 Å². The Bertz CT molecular complexity index is 189. The van der Waals surface area contributed by atoms with Gasteiger partial charge in [-0.3, -0.25) is 4.79 Å². The Morgan fingerprint density at radius 2 is 2.36 bits per heavy atom. The van der Waals surface area contributed by atoms with Crippen LogP contribution in [-0.4, -0.2) is 49.4 Å². The van der Waals surface area contributed by atoms with Crippen LogP contribution in [0.4, 0.5) is 0 Å². The molecule has 1 aliphatic heterocycles. The number of nitrogens with two attached hydrogens (primary N) is 1. The molecule has 3 N–H and O–H groups in total. The maximum absolute atomic E-state index is 11.4. The fourth-order valence-electron chi connectivity index (χ4n) is 1.61. The van der Waals surface area contributed by atoms with Crippen molar-refractivity contribution in [1.82, 2.24) is 10.2 Å². The molecule has 0 spiro atoms. The number of rotatable bonds is 6. The average molecular weight is 220 g/mol. The fourth-order valence-corrected chi connectivity index (χ4v) is 1.82. The molecule has 1 unspecified atom stereocenters. The summed E-state index contributed by atoms with van der Waals surface area (Å²) >= 11 is 5.71. The van der Waals surface area contributed by atoms with E-state index in [1.165, 1.54) is 0 Å². The molecule has 1 saturated heterocycles. The van der Waals surface area contributed by atoms with Crippen molar-refractivity contribution in [1.29, 1.82) is 0 Å². The number of nitrogens with zero attached hydrogens (tertiary/aromatic N) is 1. The third-order valence-electron chi connectivity index (χ3n) is 2.39. The molecule has 1 amide bonds. The topological polar surface area (TPSA) is 58.4 Å². The highest BCUT2D eigenvalue weighted by Gasteiger charge is 2.27. The summed E-state index contributed by atoms with van der Waals surface area (Å²) in [7, 11) is 0. The van der Waals surface area contributed by atoms with Gasteiger partial charge in [-0.05, 0) is 5.92 Å². The monoisotopic (exact) mass is 219 g/mol. The quantitative estimate of drug-likeness (QED) is 0.473. The van der Waals surface area contributed by atoms with Crippen LogP contribution in [-0.2, 0) is 4.79 Å². The van der Waals surface area contributed by atoms with Gasteiger partial charge in [0.1, 0.15) is 0 Å². The Morgan fingerprint density at radius 1 is 1.57 bits per heavy atom. The highest BCUT2D eigenvalue weighted by molar-refractivity contribution is 6.18. The predicted molar refractivity (Wildman–Crippen MR) is 57.3 cm³/mol. The van der Waals surface area contributed by atoms with Gasteiger partial charge in [-0.25, -0.2) is 0 Å². The van der Waals surface area contributed by atoms with Crippen molar-refractivity contribution < 1.29 is 4.79 Å². The molecule has 14 heavy (non-hydrogen) atoms. The molecule has 1 atom stereocenters. The van der Waals surface area contributed by atoms with Gasteiger partial charge < -0.3 is 16.0 Å². The first-order valence-electron chi connectivity index (χ1n) is 5.02. The highest BCUT2D eigenvalue weighted by Crippen LogP contribution is 2.17. The van der Waals surface area contributed by atoms with Gasteiger partial charge in [0, 0.05) is 45.0 Å². The van der Waals surface area contributed by atoms with E-state index in [-0.39, 0.29) is 5.91 Å². The summed E-state index contributed by atoms with van der Waals surface area (Å²) in [5.74, 6) is 1.15. The Hall–Kier alpha value is -0.320. The van der Waals surface area contributed by atoms with Gasteiger partial charge >= 0.3 is 0 Å². The largest absolute Gasteiger partial charge is 0.341 e. The van der Waals surface area contributed by atoms with Crippen LogP contribution < -0.4 is 11.1 Å². The van der Waals surface area contributed by atoms with E-state index in [0.29, 0.717) is 24.8 Å². The van der Waals surface area contributed by atoms with Gasteiger partial charge in [-0.15, -0.1) is 11.6 Å². The molecule has 0 aromatic heterocycles. The molecule has 0 aromatic rings. The summed E-state index contributed by atoms with van der Waals surface area (Å²) in [6.45, 7) is 3.84. The zero-order chi connectivity index (χ0) is 10.4. The van der Waals surface area contributed by atoms with Crippen LogP contribution in [0.5, 0.6) is 0 Å². The van der Waals surface area contributed by atoms with Crippen molar-refractivity contribution in [2.75, 3.05) is 38.6 Å². The zero-order valence-electron chi connectivity index (χ0n) is 8.34. The molecule has 0 aliphatic carbocycles. The first-order valence-corrected chi connectivity index (χ1v) is 5.56. The number of hydrogen-bond acceptors (Lipinski definition) is 3. The minimum Gasteiger partial charge on any atom is -0.341 e. The van der Waals surface area contributed by atoms with E-state index in [1.807, 2.05) is 4.90 Å². The van der Waals surface area contributed by atoms with Crippen LogP contribution >= 0.6 is 11.6 Å². The second-order valence-corrected chi connectivity index (χ2v) is 3.91. The summed E-state index contributed by atoms with van der Waals surface area (Å²) in [4.78, 5) is 13.3. The summed E-state index contributed by atoms with van der Waals surface area (Å²) in [6.07, 6.45) is 0.611. The number of amides is 1. The van der Waals surface area contributed by atoms with Crippen LogP contribution in [0.3, 0.4) is 0 Å². The Balaban J connectivity index is 2.15. The van der Waals surface area contributed by atoms with E-state index in [9.17, 15) is 4.79 Å². The second kappa shape index (κ2) is 6.22. The van der Waals surface area contributed by atoms with Crippen molar-refractivity contribution in [2.24, 2.45) is 11.7 Å². The van der Waals surface area contributed by atoms with E-state index in [2.05, 4.69) is 5.32 Å². The van der Waals surface area contributed by atoms with Crippen molar-refractivity contribution in [2.45, 2.75) is 6.42 Å². The van der Waals surface area contributed by atoms with E-state index in [4.69, 9.17) is 17.3 Å². The molecular formula is C9H18ClN3O.